The number of rotatable bonds is 6. The van der Waals surface area contributed by atoms with Gasteiger partial charge in [0.05, 0.1) is 18.1 Å². The Morgan fingerprint density at radius 3 is 2.38 bits per heavy atom. The average Bonchev–Trinajstić information content (AvgIpc) is 2.78. The SMILES string of the molecule is COc1ccc(C(=O)COc2ccc3c(=O)c(-c4ccccc4)coc3c2)cc1. The van der Waals surface area contributed by atoms with E-state index in [0.29, 0.717) is 33.6 Å². The third-order valence-electron chi connectivity index (χ3n) is 4.61. The molecule has 0 N–H and O–H groups in total. The summed E-state index contributed by atoms with van der Waals surface area (Å²) >= 11 is 0. The van der Waals surface area contributed by atoms with Crippen LogP contribution in [-0.4, -0.2) is 19.5 Å². The molecule has 0 saturated carbocycles. The largest absolute Gasteiger partial charge is 0.497 e. The number of hydrogen-bond acceptors (Lipinski definition) is 5. The topological polar surface area (TPSA) is 65.7 Å². The molecule has 0 atom stereocenters. The summed E-state index contributed by atoms with van der Waals surface area (Å²) in [7, 11) is 1.57. The van der Waals surface area contributed by atoms with Gasteiger partial charge in [-0.2, -0.15) is 0 Å². The number of ether oxygens (including phenoxy) is 2. The average molecular weight is 386 g/mol. The van der Waals surface area contributed by atoms with Crippen molar-refractivity contribution in [2.75, 3.05) is 13.7 Å². The van der Waals surface area contributed by atoms with Crippen molar-refractivity contribution in [3.63, 3.8) is 0 Å². The van der Waals surface area contributed by atoms with Crippen molar-refractivity contribution in [2.45, 2.75) is 0 Å². The molecule has 0 fully saturated rings. The highest BCUT2D eigenvalue weighted by Gasteiger charge is 2.11. The van der Waals surface area contributed by atoms with Crippen LogP contribution in [0.2, 0.25) is 0 Å². The van der Waals surface area contributed by atoms with E-state index in [0.717, 1.165) is 5.56 Å². The van der Waals surface area contributed by atoms with Gasteiger partial charge in [-0.05, 0) is 42.0 Å². The van der Waals surface area contributed by atoms with Crippen molar-refractivity contribution >= 4 is 16.8 Å². The van der Waals surface area contributed by atoms with Crippen molar-refractivity contribution in [1.29, 1.82) is 0 Å². The van der Waals surface area contributed by atoms with E-state index in [9.17, 15) is 9.59 Å². The summed E-state index contributed by atoms with van der Waals surface area (Å²) in [6, 6.07) is 21.1. The first-order valence-corrected chi connectivity index (χ1v) is 9.07. The van der Waals surface area contributed by atoms with Gasteiger partial charge < -0.3 is 13.9 Å². The quantitative estimate of drug-likeness (QED) is 0.448. The summed E-state index contributed by atoms with van der Waals surface area (Å²) in [5.41, 5.74) is 2.13. The molecule has 0 aliphatic carbocycles. The maximum atomic E-state index is 12.8. The van der Waals surface area contributed by atoms with E-state index >= 15 is 0 Å². The van der Waals surface area contributed by atoms with Crippen LogP contribution in [0.1, 0.15) is 10.4 Å². The summed E-state index contributed by atoms with van der Waals surface area (Å²) in [5.74, 6) is 0.977. The molecule has 3 aromatic carbocycles. The van der Waals surface area contributed by atoms with E-state index in [1.807, 2.05) is 30.3 Å². The first kappa shape index (κ1) is 18.5. The maximum Gasteiger partial charge on any atom is 0.200 e. The molecule has 29 heavy (non-hydrogen) atoms. The molecule has 4 aromatic rings. The second-order valence-electron chi connectivity index (χ2n) is 6.44. The van der Waals surface area contributed by atoms with Gasteiger partial charge in [0, 0.05) is 11.6 Å². The van der Waals surface area contributed by atoms with Gasteiger partial charge in [-0.25, -0.2) is 0 Å². The van der Waals surface area contributed by atoms with Gasteiger partial charge >= 0.3 is 0 Å². The first-order valence-electron chi connectivity index (χ1n) is 9.07. The Kier molecular flexibility index (Phi) is 5.12. The first-order chi connectivity index (χ1) is 14.2. The van der Waals surface area contributed by atoms with Crippen LogP contribution in [0.25, 0.3) is 22.1 Å². The highest BCUT2D eigenvalue weighted by Crippen LogP contribution is 2.23. The van der Waals surface area contributed by atoms with E-state index in [-0.39, 0.29) is 17.8 Å². The van der Waals surface area contributed by atoms with Gasteiger partial charge in [-0.3, -0.25) is 9.59 Å². The lowest BCUT2D eigenvalue weighted by molar-refractivity contribution is 0.0921. The molecule has 0 aliphatic rings. The van der Waals surface area contributed by atoms with Gasteiger partial charge in [0.2, 0.25) is 0 Å². The van der Waals surface area contributed by atoms with Crippen LogP contribution in [0.3, 0.4) is 0 Å². The van der Waals surface area contributed by atoms with Gasteiger partial charge in [-0.1, -0.05) is 30.3 Å². The minimum absolute atomic E-state index is 0.113. The van der Waals surface area contributed by atoms with E-state index < -0.39 is 0 Å². The van der Waals surface area contributed by atoms with Crippen LogP contribution < -0.4 is 14.9 Å². The second-order valence-corrected chi connectivity index (χ2v) is 6.44. The van der Waals surface area contributed by atoms with Crippen molar-refractivity contribution in [3.8, 4) is 22.6 Å². The Balaban J connectivity index is 1.53. The molecule has 0 saturated heterocycles. The minimum atomic E-state index is -0.159. The molecule has 0 radical (unpaired) electrons. The Hall–Kier alpha value is -3.86. The second kappa shape index (κ2) is 8.02. The molecule has 1 heterocycles. The van der Waals surface area contributed by atoms with Crippen molar-refractivity contribution in [2.24, 2.45) is 0 Å². The fraction of sp³-hybridized carbons (Fsp3) is 0.0833. The number of carbonyl (C=O) groups excluding carboxylic acids is 1. The fourth-order valence-electron chi connectivity index (χ4n) is 3.02. The molecule has 0 unspecified atom stereocenters. The molecule has 144 valence electrons. The molecule has 0 spiro atoms. The summed E-state index contributed by atoms with van der Waals surface area (Å²) < 4.78 is 16.3. The molecule has 1 aromatic heterocycles. The Morgan fingerprint density at radius 1 is 0.931 bits per heavy atom. The van der Waals surface area contributed by atoms with Crippen LogP contribution in [0.5, 0.6) is 11.5 Å². The summed E-state index contributed by atoms with van der Waals surface area (Å²) in [6.07, 6.45) is 1.45. The van der Waals surface area contributed by atoms with Crippen LogP contribution in [0.4, 0.5) is 0 Å². The van der Waals surface area contributed by atoms with Crippen LogP contribution >= 0.6 is 0 Å². The number of fused-ring (bicyclic) bond motifs is 1. The van der Waals surface area contributed by atoms with Crippen LogP contribution in [0.15, 0.2) is 88.3 Å². The number of carbonyl (C=O) groups is 1. The van der Waals surface area contributed by atoms with Crippen molar-refractivity contribution in [1.82, 2.24) is 0 Å². The number of benzene rings is 3. The van der Waals surface area contributed by atoms with Gasteiger partial charge in [0.15, 0.2) is 17.8 Å². The van der Waals surface area contributed by atoms with Crippen molar-refractivity contribution < 1.29 is 18.7 Å². The molecular weight excluding hydrogens is 368 g/mol. The molecule has 0 aliphatic heterocycles. The van der Waals surface area contributed by atoms with Crippen molar-refractivity contribution in [3.05, 3.63) is 94.8 Å². The Labute approximate surface area is 167 Å². The van der Waals surface area contributed by atoms with Crippen LogP contribution in [0, 0.1) is 0 Å². The molecule has 5 nitrogen and oxygen atoms in total. The summed E-state index contributed by atoms with van der Waals surface area (Å²) in [5, 5.41) is 0.459. The number of Topliss-reactive ketones (excluding diaryl/α,β-unsaturated/α-hetero) is 1. The zero-order valence-corrected chi connectivity index (χ0v) is 15.8. The highest BCUT2D eigenvalue weighted by atomic mass is 16.5. The van der Waals surface area contributed by atoms with Gasteiger partial charge in [0.25, 0.3) is 0 Å². The predicted molar refractivity (Wildman–Crippen MR) is 111 cm³/mol. The normalized spacial score (nSPS) is 10.7. The smallest absolute Gasteiger partial charge is 0.200 e. The molecule has 0 amide bonds. The van der Waals surface area contributed by atoms with Gasteiger partial charge in [-0.15, -0.1) is 0 Å². The maximum absolute atomic E-state index is 12.8. The number of hydrogen-bond donors (Lipinski definition) is 0. The third kappa shape index (κ3) is 3.89. The number of ketones is 1. The molecular formula is C24H18O5. The zero-order valence-electron chi connectivity index (χ0n) is 15.8. The standard InChI is InChI=1S/C24H18O5/c1-27-18-9-7-17(8-10-18)22(25)15-28-19-11-12-20-23(13-19)29-14-21(24(20)26)16-5-3-2-4-6-16/h2-14H,15H2,1H3. The Bertz CT molecular complexity index is 1210. The lowest BCUT2D eigenvalue weighted by Gasteiger charge is -2.08. The summed E-state index contributed by atoms with van der Waals surface area (Å²) in [6.45, 7) is -0.121. The van der Waals surface area contributed by atoms with E-state index in [1.165, 1.54) is 6.26 Å². The molecule has 4 rings (SSSR count). The van der Waals surface area contributed by atoms with E-state index in [2.05, 4.69) is 0 Å². The highest BCUT2D eigenvalue weighted by molar-refractivity contribution is 5.97. The molecule has 5 heteroatoms. The van der Waals surface area contributed by atoms with Crippen LogP contribution in [-0.2, 0) is 0 Å². The lowest BCUT2D eigenvalue weighted by atomic mass is 10.1. The molecule has 0 bridgehead atoms. The predicted octanol–water partition coefficient (Wildman–Crippen LogP) is 4.73. The third-order valence-corrected chi connectivity index (χ3v) is 4.61. The minimum Gasteiger partial charge on any atom is -0.497 e. The lowest BCUT2D eigenvalue weighted by Crippen LogP contribution is -2.11. The van der Waals surface area contributed by atoms with Gasteiger partial charge in [0.1, 0.15) is 23.3 Å². The van der Waals surface area contributed by atoms with E-state index in [1.54, 1.807) is 49.6 Å². The van der Waals surface area contributed by atoms with E-state index in [4.69, 9.17) is 13.9 Å². The number of methoxy groups -OCH3 is 1. The monoisotopic (exact) mass is 386 g/mol. The fourth-order valence-corrected chi connectivity index (χ4v) is 3.02. The summed E-state index contributed by atoms with van der Waals surface area (Å²) in [4.78, 5) is 25.1. The Morgan fingerprint density at radius 2 is 1.66 bits per heavy atom. The zero-order chi connectivity index (χ0) is 20.2.